The number of aryl methyl sites for hydroxylation is 3. The van der Waals surface area contributed by atoms with E-state index in [9.17, 15) is 8.42 Å². The fraction of sp³-hybridized carbons (Fsp3) is 0.625. The highest BCUT2D eigenvalue weighted by atomic mass is 32.2. The number of hydrogen-bond donors (Lipinski definition) is 1. The van der Waals surface area contributed by atoms with Crippen molar-refractivity contribution in [2.75, 3.05) is 39.4 Å². The van der Waals surface area contributed by atoms with E-state index in [0.717, 1.165) is 56.0 Å². The Balaban J connectivity index is 1.89. The molecule has 0 spiro atoms. The Hall–Kier alpha value is -0.950. The molecule has 0 aromatic heterocycles. The molecule has 1 aromatic rings. The van der Waals surface area contributed by atoms with Crippen LogP contribution in [0, 0.1) is 20.8 Å². The van der Waals surface area contributed by atoms with Crippen LogP contribution in [0.3, 0.4) is 0 Å². The highest BCUT2D eigenvalue weighted by Crippen LogP contribution is 2.19. The fourth-order valence-corrected chi connectivity index (χ4v) is 4.02. The molecule has 0 atom stereocenters. The van der Waals surface area contributed by atoms with Gasteiger partial charge in [0.05, 0.1) is 18.1 Å². The maximum Gasteiger partial charge on any atom is 0.240 e. The minimum Gasteiger partial charge on any atom is -0.379 e. The van der Waals surface area contributed by atoms with Crippen LogP contribution in [0.2, 0.25) is 0 Å². The summed E-state index contributed by atoms with van der Waals surface area (Å²) < 4.78 is 32.9. The molecule has 0 unspecified atom stereocenters. The largest absolute Gasteiger partial charge is 0.379 e. The van der Waals surface area contributed by atoms with Crippen LogP contribution in [0.1, 0.15) is 23.1 Å². The van der Waals surface area contributed by atoms with Gasteiger partial charge in [0, 0.05) is 19.6 Å². The summed E-state index contributed by atoms with van der Waals surface area (Å²) in [5.41, 5.74) is 2.91. The van der Waals surface area contributed by atoms with Crippen molar-refractivity contribution in [2.45, 2.75) is 32.1 Å². The lowest BCUT2D eigenvalue weighted by molar-refractivity contribution is 0.0376. The number of nitrogens with zero attached hydrogens (tertiary/aromatic N) is 1. The molecule has 1 aromatic carbocycles. The van der Waals surface area contributed by atoms with Crippen molar-refractivity contribution in [3.63, 3.8) is 0 Å². The van der Waals surface area contributed by atoms with Crippen molar-refractivity contribution in [1.82, 2.24) is 9.62 Å². The molecule has 0 bridgehead atoms. The zero-order valence-corrected chi connectivity index (χ0v) is 14.5. The smallest absolute Gasteiger partial charge is 0.240 e. The van der Waals surface area contributed by atoms with E-state index in [1.807, 2.05) is 26.8 Å². The number of nitrogens with one attached hydrogen (secondary N) is 1. The quantitative estimate of drug-likeness (QED) is 0.807. The molecule has 124 valence electrons. The van der Waals surface area contributed by atoms with Crippen LogP contribution in [0.25, 0.3) is 0 Å². The molecule has 1 saturated heterocycles. The van der Waals surface area contributed by atoms with Crippen LogP contribution in [0.4, 0.5) is 0 Å². The van der Waals surface area contributed by atoms with Gasteiger partial charge >= 0.3 is 0 Å². The maximum absolute atomic E-state index is 12.4. The van der Waals surface area contributed by atoms with Gasteiger partial charge in [-0.05, 0) is 56.5 Å². The summed E-state index contributed by atoms with van der Waals surface area (Å²) in [6, 6.07) is 3.69. The molecule has 0 aliphatic carbocycles. The van der Waals surface area contributed by atoms with Crippen LogP contribution in [0.5, 0.6) is 0 Å². The van der Waals surface area contributed by atoms with Gasteiger partial charge in [0.2, 0.25) is 10.0 Å². The van der Waals surface area contributed by atoms with Crippen molar-refractivity contribution >= 4 is 10.0 Å². The fourth-order valence-electron chi connectivity index (χ4n) is 2.64. The predicted octanol–water partition coefficient (Wildman–Crippen LogP) is 1.61. The third kappa shape index (κ3) is 4.52. The number of hydrogen-bond acceptors (Lipinski definition) is 4. The van der Waals surface area contributed by atoms with E-state index in [-0.39, 0.29) is 0 Å². The second-order valence-corrected chi connectivity index (χ2v) is 7.64. The van der Waals surface area contributed by atoms with Gasteiger partial charge in [0.25, 0.3) is 0 Å². The van der Waals surface area contributed by atoms with Crippen molar-refractivity contribution in [3.05, 3.63) is 28.8 Å². The molecule has 0 radical (unpaired) electrons. The first-order valence-electron chi connectivity index (χ1n) is 7.78. The number of benzene rings is 1. The van der Waals surface area contributed by atoms with E-state index < -0.39 is 10.0 Å². The second-order valence-electron chi connectivity index (χ2n) is 5.91. The Labute approximate surface area is 133 Å². The second kappa shape index (κ2) is 7.55. The first-order valence-corrected chi connectivity index (χ1v) is 9.26. The molecule has 1 heterocycles. The maximum atomic E-state index is 12.4. The number of morpholine rings is 1. The molecular formula is C16H26N2O3S. The summed E-state index contributed by atoms with van der Waals surface area (Å²) in [7, 11) is -3.43. The molecular weight excluding hydrogens is 300 g/mol. The van der Waals surface area contributed by atoms with E-state index in [1.165, 1.54) is 0 Å². The molecule has 1 N–H and O–H groups in total. The Kier molecular flexibility index (Phi) is 5.97. The lowest BCUT2D eigenvalue weighted by Crippen LogP contribution is -2.38. The van der Waals surface area contributed by atoms with Crippen molar-refractivity contribution in [3.8, 4) is 0 Å². The van der Waals surface area contributed by atoms with Gasteiger partial charge in [0.1, 0.15) is 0 Å². The van der Waals surface area contributed by atoms with Crippen LogP contribution in [-0.2, 0) is 14.8 Å². The molecule has 0 saturated carbocycles. The first kappa shape index (κ1) is 17.4. The summed E-state index contributed by atoms with van der Waals surface area (Å²) in [5.74, 6) is 0. The monoisotopic (exact) mass is 326 g/mol. The molecule has 0 amide bonds. The van der Waals surface area contributed by atoms with Crippen LogP contribution in [-0.4, -0.2) is 52.7 Å². The molecule has 1 fully saturated rings. The average Bonchev–Trinajstić information content (AvgIpc) is 2.48. The SMILES string of the molecule is Cc1cc(C)c(S(=O)(=O)NCCCN2CCOCC2)cc1C. The Morgan fingerprint density at radius 1 is 1.09 bits per heavy atom. The van der Waals surface area contributed by atoms with E-state index >= 15 is 0 Å². The van der Waals surface area contributed by atoms with Crippen molar-refractivity contribution < 1.29 is 13.2 Å². The minimum absolute atomic E-state index is 0.391. The third-order valence-corrected chi connectivity index (χ3v) is 5.73. The predicted molar refractivity (Wildman–Crippen MR) is 87.7 cm³/mol. The number of ether oxygens (including phenoxy) is 1. The topological polar surface area (TPSA) is 58.6 Å². The highest BCUT2D eigenvalue weighted by Gasteiger charge is 2.17. The van der Waals surface area contributed by atoms with E-state index in [1.54, 1.807) is 6.07 Å². The molecule has 22 heavy (non-hydrogen) atoms. The van der Waals surface area contributed by atoms with E-state index in [0.29, 0.717) is 11.4 Å². The van der Waals surface area contributed by atoms with E-state index in [2.05, 4.69) is 9.62 Å². The highest BCUT2D eigenvalue weighted by molar-refractivity contribution is 7.89. The minimum atomic E-state index is -3.43. The average molecular weight is 326 g/mol. The zero-order chi connectivity index (χ0) is 16.2. The normalized spacial score (nSPS) is 16.9. The molecule has 1 aliphatic heterocycles. The summed E-state index contributed by atoms with van der Waals surface area (Å²) in [4.78, 5) is 2.70. The summed E-state index contributed by atoms with van der Waals surface area (Å²) in [6.45, 7) is 10.5. The van der Waals surface area contributed by atoms with E-state index in [4.69, 9.17) is 4.74 Å². The standard InChI is InChI=1S/C16H26N2O3S/c1-13-11-15(3)16(12-14(13)2)22(19,20)17-5-4-6-18-7-9-21-10-8-18/h11-12,17H,4-10H2,1-3H3. The Morgan fingerprint density at radius 2 is 1.73 bits per heavy atom. The van der Waals surface area contributed by atoms with Crippen LogP contribution in [0.15, 0.2) is 17.0 Å². The summed E-state index contributed by atoms with van der Waals surface area (Å²) >= 11 is 0. The molecule has 6 heteroatoms. The third-order valence-electron chi connectivity index (χ3n) is 4.13. The Bertz CT molecular complexity index is 608. The van der Waals surface area contributed by atoms with Gasteiger partial charge < -0.3 is 4.74 Å². The van der Waals surface area contributed by atoms with Gasteiger partial charge in [-0.3, -0.25) is 4.90 Å². The van der Waals surface area contributed by atoms with Gasteiger partial charge in [-0.25, -0.2) is 13.1 Å². The van der Waals surface area contributed by atoms with Gasteiger partial charge in [-0.15, -0.1) is 0 Å². The lowest BCUT2D eigenvalue weighted by atomic mass is 10.1. The van der Waals surface area contributed by atoms with Crippen molar-refractivity contribution in [1.29, 1.82) is 0 Å². The lowest BCUT2D eigenvalue weighted by Gasteiger charge is -2.26. The molecule has 5 nitrogen and oxygen atoms in total. The van der Waals surface area contributed by atoms with Gasteiger partial charge in [-0.2, -0.15) is 0 Å². The molecule has 2 rings (SSSR count). The van der Waals surface area contributed by atoms with Crippen LogP contribution < -0.4 is 4.72 Å². The van der Waals surface area contributed by atoms with Crippen molar-refractivity contribution in [2.24, 2.45) is 0 Å². The Morgan fingerprint density at radius 3 is 2.41 bits per heavy atom. The van der Waals surface area contributed by atoms with Gasteiger partial charge in [0.15, 0.2) is 0 Å². The molecule has 1 aliphatic rings. The van der Waals surface area contributed by atoms with Gasteiger partial charge in [-0.1, -0.05) is 6.07 Å². The zero-order valence-electron chi connectivity index (χ0n) is 13.7. The summed E-state index contributed by atoms with van der Waals surface area (Å²) in [5, 5.41) is 0. The van der Waals surface area contributed by atoms with Crippen LogP contribution >= 0.6 is 0 Å². The first-order chi connectivity index (χ1) is 10.4. The number of rotatable bonds is 6. The number of sulfonamides is 1. The summed E-state index contributed by atoms with van der Waals surface area (Å²) in [6.07, 6.45) is 0.809.